The molecule has 8 heteroatoms. The molecule has 30 heavy (non-hydrogen) atoms. The summed E-state index contributed by atoms with van der Waals surface area (Å²) in [7, 11) is 4.71. The number of ether oxygens (including phenoxy) is 3. The lowest BCUT2D eigenvalue weighted by molar-refractivity contribution is -0.143. The molecule has 0 saturated carbocycles. The van der Waals surface area contributed by atoms with Crippen molar-refractivity contribution < 1.29 is 24.1 Å². The number of methoxy groups -OCH3 is 3. The molecule has 1 heterocycles. The van der Waals surface area contributed by atoms with Crippen molar-refractivity contribution in [3.05, 3.63) is 51.5 Å². The number of halogens is 2. The Kier molecular flexibility index (Phi) is 7.34. The van der Waals surface area contributed by atoms with E-state index in [1.54, 1.807) is 33.5 Å². The first-order valence-electron chi connectivity index (χ1n) is 9.61. The van der Waals surface area contributed by atoms with Gasteiger partial charge in [-0.05, 0) is 37.1 Å². The second-order valence-electron chi connectivity index (χ2n) is 7.17. The first kappa shape index (κ1) is 22.5. The minimum absolute atomic E-state index is 0.367. The van der Waals surface area contributed by atoms with Gasteiger partial charge in [-0.15, -0.1) is 0 Å². The highest BCUT2D eigenvalue weighted by molar-refractivity contribution is 6.42. The fraction of sp³-hybridized carbons (Fsp3) is 0.409. The van der Waals surface area contributed by atoms with Gasteiger partial charge in [-0.3, -0.25) is 9.69 Å². The zero-order valence-electron chi connectivity index (χ0n) is 17.2. The van der Waals surface area contributed by atoms with Crippen LogP contribution >= 0.6 is 23.2 Å². The Morgan fingerprint density at radius 1 is 1.07 bits per heavy atom. The molecule has 1 aliphatic rings. The van der Waals surface area contributed by atoms with Gasteiger partial charge in [0.2, 0.25) is 0 Å². The second-order valence-corrected chi connectivity index (χ2v) is 7.95. The number of carbonyl (C=O) groups is 1. The molecule has 0 aromatic heterocycles. The van der Waals surface area contributed by atoms with Crippen LogP contribution in [0.25, 0.3) is 0 Å². The van der Waals surface area contributed by atoms with Crippen LogP contribution in [-0.4, -0.2) is 50.4 Å². The molecule has 2 atom stereocenters. The third-order valence-electron chi connectivity index (χ3n) is 5.47. The predicted molar refractivity (Wildman–Crippen MR) is 116 cm³/mol. The normalized spacial score (nSPS) is 18.0. The summed E-state index contributed by atoms with van der Waals surface area (Å²) in [6.45, 7) is 1.11. The largest absolute Gasteiger partial charge is 0.496 e. The van der Waals surface area contributed by atoms with Crippen molar-refractivity contribution in [3.8, 4) is 17.2 Å². The topological polar surface area (TPSA) is 68.2 Å². The van der Waals surface area contributed by atoms with E-state index in [0.29, 0.717) is 40.3 Å². The average molecular weight is 454 g/mol. The van der Waals surface area contributed by atoms with E-state index in [4.69, 9.17) is 37.4 Å². The molecule has 1 N–H and O–H groups in total. The summed E-state index contributed by atoms with van der Waals surface area (Å²) >= 11 is 12.9. The van der Waals surface area contributed by atoms with Gasteiger partial charge in [0.25, 0.3) is 0 Å². The van der Waals surface area contributed by atoms with E-state index in [-0.39, 0.29) is 6.04 Å². The summed E-state index contributed by atoms with van der Waals surface area (Å²) in [6.07, 6.45) is 1.41. The molecule has 0 aliphatic carbocycles. The van der Waals surface area contributed by atoms with E-state index >= 15 is 0 Å². The summed E-state index contributed by atoms with van der Waals surface area (Å²) in [5.74, 6) is 0.422. The van der Waals surface area contributed by atoms with Crippen molar-refractivity contribution in [3.63, 3.8) is 0 Å². The predicted octanol–water partition coefficient (Wildman–Crippen LogP) is 4.91. The molecule has 0 bridgehead atoms. The van der Waals surface area contributed by atoms with Gasteiger partial charge in [-0.2, -0.15) is 0 Å². The Bertz CT molecular complexity index is 921. The van der Waals surface area contributed by atoms with Gasteiger partial charge < -0.3 is 19.3 Å². The smallest absolute Gasteiger partial charge is 0.307 e. The van der Waals surface area contributed by atoms with Gasteiger partial charge in [-0.1, -0.05) is 35.3 Å². The van der Waals surface area contributed by atoms with Crippen LogP contribution in [0.3, 0.4) is 0 Å². The third-order valence-corrected chi connectivity index (χ3v) is 6.31. The Morgan fingerprint density at radius 2 is 1.73 bits per heavy atom. The van der Waals surface area contributed by atoms with Crippen molar-refractivity contribution in [2.24, 2.45) is 5.92 Å². The van der Waals surface area contributed by atoms with Gasteiger partial charge in [-0.25, -0.2) is 0 Å². The van der Waals surface area contributed by atoms with Gasteiger partial charge in [0.15, 0.2) is 11.5 Å². The molecular formula is C22H25Cl2NO5. The Balaban J connectivity index is 2.20. The number of piperidine rings is 1. The molecular weight excluding hydrogens is 429 g/mol. The summed E-state index contributed by atoms with van der Waals surface area (Å²) in [6, 6.07) is 8.71. The molecule has 0 spiro atoms. The van der Waals surface area contributed by atoms with E-state index in [1.165, 1.54) is 0 Å². The van der Waals surface area contributed by atoms with Gasteiger partial charge in [0.05, 0.1) is 43.3 Å². The van der Waals surface area contributed by atoms with Crippen molar-refractivity contribution in [2.45, 2.75) is 18.9 Å². The van der Waals surface area contributed by atoms with E-state index in [0.717, 1.165) is 24.1 Å². The van der Waals surface area contributed by atoms with Gasteiger partial charge in [0, 0.05) is 18.2 Å². The summed E-state index contributed by atoms with van der Waals surface area (Å²) in [5.41, 5.74) is 1.58. The maximum absolute atomic E-state index is 11.7. The van der Waals surface area contributed by atoms with Crippen LogP contribution in [0.15, 0.2) is 30.3 Å². The van der Waals surface area contributed by atoms with Crippen LogP contribution in [0.4, 0.5) is 0 Å². The van der Waals surface area contributed by atoms with Crippen molar-refractivity contribution >= 4 is 29.2 Å². The van der Waals surface area contributed by atoms with Crippen LogP contribution < -0.4 is 14.2 Å². The molecule has 1 aliphatic heterocycles. The van der Waals surface area contributed by atoms with E-state index < -0.39 is 11.9 Å². The van der Waals surface area contributed by atoms with Crippen LogP contribution in [-0.2, 0) is 4.79 Å². The summed E-state index contributed by atoms with van der Waals surface area (Å²) in [4.78, 5) is 13.8. The molecule has 162 valence electrons. The van der Waals surface area contributed by atoms with E-state index in [9.17, 15) is 9.90 Å². The highest BCUT2D eigenvalue weighted by Gasteiger charge is 2.34. The molecule has 1 fully saturated rings. The lowest BCUT2D eigenvalue weighted by Gasteiger charge is -2.38. The number of carboxylic acids is 1. The quantitative estimate of drug-likeness (QED) is 0.642. The van der Waals surface area contributed by atoms with Crippen molar-refractivity contribution in [1.82, 2.24) is 4.90 Å². The molecule has 2 aromatic rings. The van der Waals surface area contributed by atoms with Crippen LogP contribution in [0.5, 0.6) is 17.2 Å². The van der Waals surface area contributed by atoms with E-state index in [2.05, 4.69) is 4.90 Å². The first-order valence-corrected chi connectivity index (χ1v) is 10.4. The highest BCUT2D eigenvalue weighted by Crippen LogP contribution is 2.45. The zero-order valence-corrected chi connectivity index (χ0v) is 18.7. The fourth-order valence-electron chi connectivity index (χ4n) is 4.00. The van der Waals surface area contributed by atoms with Gasteiger partial charge in [0.1, 0.15) is 5.75 Å². The molecule has 2 unspecified atom stereocenters. The van der Waals surface area contributed by atoms with Crippen molar-refractivity contribution in [1.29, 1.82) is 0 Å². The molecule has 3 rings (SSSR count). The number of benzene rings is 2. The van der Waals surface area contributed by atoms with Crippen LogP contribution in [0, 0.1) is 5.92 Å². The van der Waals surface area contributed by atoms with Gasteiger partial charge >= 0.3 is 5.97 Å². The number of aliphatic carboxylic acids is 1. The number of hydrogen-bond acceptors (Lipinski definition) is 5. The number of hydrogen-bond donors (Lipinski definition) is 1. The zero-order chi connectivity index (χ0) is 21.8. The number of carboxylic acid groups (broad SMARTS) is 1. The number of rotatable bonds is 7. The monoisotopic (exact) mass is 453 g/mol. The van der Waals surface area contributed by atoms with Crippen LogP contribution in [0.1, 0.15) is 30.0 Å². The second kappa shape index (κ2) is 9.77. The maximum atomic E-state index is 11.7. The molecule has 6 nitrogen and oxygen atoms in total. The van der Waals surface area contributed by atoms with Crippen LogP contribution in [0.2, 0.25) is 10.0 Å². The Hall–Kier alpha value is -2.15. The molecule has 1 saturated heterocycles. The maximum Gasteiger partial charge on any atom is 0.307 e. The Morgan fingerprint density at radius 3 is 2.37 bits per heavy atom. The molecule has 0 amide bonds. The SMILES string of the molecule is COc1cc(OC)c(C(c2cccc(Cl)c2Cl)N2CCCC(C(=O)O)C2)cc1OC. The Labute approximate surface area is 186 Å². The minimum atomic E-state index is -0.796. The molecule has 2 aromatic carbocycles. The average Bonchev–Trinajstić information content (AvgIpc) is 2.76. The minimum Gasteiger partial charge on any atom is -0.496 e. The third kappa shape index (κ3) is 4.46. The number of likely N-dealkylation sites (tertiary alicyclic amines) is 1. The number of nitrogens with zero attached hydrogens (tertiary/aromatic N) is 1. The van der Waals surface area contributed by atoms with E-state index in [1.807, 2.05) is 18.2 Å². The molecule has 0 radical (unpaired) electrons. The highest BCUT2D eigenvalue weighted by atomic mass is 35.5. The lowest BCUT2D eigenvalue weighted by atomic mass is 9.90. The summed E-state index contributed by atoms with van der Waals surface area (Å²) in [5, 5.41) is 10.5. The fourth-order valence-corrected chi connectivity index (χ4v) is 4.41. The van der Waals surface area contributed by atoms with Crippen molar-refractivity contribution in [2.75, 3.05) is 34.4 Å². The lowest BCUT2D eigenvalue weighted by Crippen LogP contribution is -2.41. The first-order chi connectivity index (χ1) is 14.4. The summed E-state index contributed by atoms with van der Waals surface area (Å²) < 4.78 is 16.6. The standard InChI is InChI=1S/C22H25Cl2NO5/c1-28-17-11-19(30-3)18(29-2)10-15(17)21(14-7-4-8-16(23)20(14)24)25-9-5-6-13(12-25)22(26)27/h4,7-8,10-11,13,21H,5-6,9,12H2,1-3H3,(H,26,27).